The molecule has 5 heteroatoms. The maximum absolute atomic E-state index is 13.2. The van der Waals surface area contributed by atoms with E-state index >= 15 is 0 Å². The second-order valence-corrected chi connectivity index (χ2v) is 4.03. The lowest BCUT2D eigenvalue weighted by molar-refractivity contribution is -0.0823. The smallest absolute Gasteiger partial charge is 0.283 e. The molecule has 1 saturated heterocycles. The second kappa shape index (κ2) is 7.12. The first-order valence-corrected chi connectivity index (χ1v) is 5.80. The van der Waals surface area contributed by atoms with Gasteiger partial charge in [-0.3, -0.25) is 4.90 Å². The van der Waals surface area contributed by atoms with E-state index in [9.17, 15) is 13.2 Å². The first-order valence-electron chi connectivity index (χ1n) is 5.80. The average molecular weight is 241 g/mol. The van der Waals surface area contributed by atoms with Crippen LogP contribution in [0.4, 0.5) is 13.2 Å². The van der Waals surface area contributed by atoms with Crippen LogP contribution in [0.1, 0.15) is 27.2 Å². The molecule has 98 valence electrons. The van der Waals surface area contributed by atoms with Crippen LogP contribution in [0.3, 0.4) is 0 Å². The zero-order chi connectivity index (χ0) is 12.8. The van der Waals surface area contributed by atoms with Gasteiger partial charge in [-0.05, 0) is 18.9 Å². The number of aliphatic hydroxyl groups excluding tert-OH is 1. The third kappa shape index (κ3) is 5.16. The fraction of sp³-hybridized carbons (Fsp3) is 1.00. The highest BCUT2D eigenvalue weighted by Gasteiger charge is 2.34. The molecule has 1 aliphatic rings. The van der Waals surface area contributed by atoms with E-state index in [1.165, 1.54) is 4.90 Å². The van der Waals surface area contributed by atoms with E-state index in [0.717, 1.165) is 0 Å². The largest absolute Gasteiger partial charge is 0.390 e. The van der Waals surface area contributed by atoms with Crippen LogP contribution in [0.2, 0.25) is 0 Å². The van der Waals surface area contributed by atoms with Gasteiger partial charge >= 0.3 is 0 Å². The number of halogens is 3. The van der Waals surface area contributed by atoms with Crippen molar-refractivity contribution in [1.29, 1.82) is 0 Å². The molecule has 0 aromatic carbocycles. The normalized spacial score (nSPS) is 27.2. The topological polar surface area (TPSA) is 23.5 Å². The Balaban J connectivity index is 0.00000106. The molecule has 0 bridgehead atoms. The van der Waals surface area contributed by atoms with Crippen molar-refractivity contribution >= 4 is 0 Å². The Labute approximate surface area is 95.4 Å². The van der Waals surface area contributed by atoms with Gasteiger partial charge in [-0.25, -0.2) is 13.2 Å². The molecule has 0 aliphatic carbocycles. The van der Waals surface area contributed by atoms with Crippen LogP contribution in [-0.2, 0) is 0 Å². The van der Waals surface area contributed by atoms with E-state index < -0.39 is 25.2 Å². The highest BCUT2D eigenvalue weighted by Crippen LogP contribution is 2.23. The molecule has 2 nitrogen and oxygen atoms in total. The van der Waals surface area contributed by atoms with E-state index in [2.05, 4.69) is 0 Å². The summed E-state index contributed by atoms with van der Waals surface area (Å²) in [6, 6.07) is 0. The Bertz CT molecular complexity index is 190. The van der Waals surface area contributed by atoms with Crippen LogP contribution in [0.25, 0.3) is 0 Å². The number of aliphatic hydroxyl groups is 1. The quantitative estimate of drug-likeness (QED) is 0.819. The van der Waals surface area contributed by atoms with E-state index in [1.807, 2.05) is 13.8 Å². The molecule has 0 spiro atoms. The number of likely N-dealkylation sites (tertiary alicyclic amines) is 1. The zero-order valence-electron chi connectivity index (χ0n) is 10.2. The summed E-state index contributed by atoms with van der Waals surface area (Å²) in [6.07, 6.45) is -0.430. The highest BCUT2D eigenvalue weighted by molar-refractivity contribution is 4.81. The van der Waals surface area contributed by atoms with E-state index in [1.54, 1.807) is 6.92 Å². The molecule has 0 amide bonds. The fourth-order valence-corrected chi connectivity index (χ4v) is 1.61. The zero-order valence-corrected chi connectivity index (χ0v) is 10.2. The molecule has 2 atom stereocenters. The van der Waals surface area contributed by atoms with Gasteiger partial charge in [0.05, 0.1) is 6.54 Å². The number of piperidine rings is 1. The minimum Gasteiger partial charge on any atom is -0.390 e. The van der Waals surface area contributed by atoms with E-state index in [0.29, 0.717) is 13.0 Å². The molecule has 0 aromatic heterocycles. The van der Waals surface area contributed by atoms with Crippen LogP contribution in [0.5, 0.6) is 0 Å². The van der Waals surface area contributed by atoms with Crippen LogP contribution in [-0.4, -0.2) is 48.3 Å². The predicted octanol–water partition coefficient (Wildman–Crippen LogP) is 2.32. The summed E-state index contributed by atoms with van der Waals surface area (Å²) in [5, 5.41) is 8.37. The Morgan fingerprint density at radius 2 is 1.94 bits per heavy atom. The standard InChI is InChI=1S/C9H16F3NO.C2H6/c1-7-2-3-13(4-8(7)10)5-9(11,12)6-14;1-2/h7-8,14H,2-6H2,1H3;1-2H3. The van der Waals surface area contributed by atoms with Crippen molar-refractivity contribution < 1.29 is 18.3 Å². The summed E-state index contributed by atoms with van der Waals surface area (Å²) < 4.78 is 38.7. The van der Waals surface area contributed by atoms with Gasteiger partial charge in [0.15, 0.2) is 0 Å². The molecule has 1 rings (SSSR count). The summed E-state index contributed by atoms with van der Waals surface area (Å²) in [4.78, 5) is 1.38. The summed E-state index contributed by atoms with van der Waals surface area (Å²) in [7, 11) is 0. The lowest BCUT2D eigenvalue weighted by Gasteiger charge is -2.34. The summed E-state index contributed by atoms with van der Waals surface area (Å²) in [5.41, 5.74) is 0. The Kier molecular flexibility index (Phi) is 6.99. The molecule has 1 aliphatic heterocycles. The first-order chi connectivity index (χ1) is 7.44. The Hall–Kier alpha value is -0.290. The molecule has 1 fully saturated rings. The molecular weight excluding hydrogens is 219 g/mol. The van der Waals surface area contributed by atoms with E-state index in [-0.39, 0.29) is 12.5 Å². The van der Waals surface area contributed by atoms with Gasteiger partial charge in [-0.2, -0.15) is 0 Å². The molecular formula is C11H22F3NO. The summed E-state index contributed by atoms with van der Waals surface area (Å²) >= 11 is 0. The van der Waals surface area contributed by atoms with Crippen molar-refractivity contribution in [3.63, 3.8) is 0 Å². The maximum atomic E-state index is 13.2. The molecule has 0 aromatic rings. The fourth-order valence-electron chi connectivity index (χ4n) is 1.61. The van der Waals surface area contributed by atoms with Crippen molar-refractivity contribution in [2.45, 2.75) is 39.3 Å². The third-order valence-electron chi connectivity index (χ3n) is 2.64. The number of rotatable bonds is 3. The van der Waals surface area contributed by atoms with Gasteiger partial charge in [0.1, 0.15) is 12.8 Å². The van der Waals surface area contributed by atoms with Gasteiger partial charge in [0.2, 0.25) is 0 Å². The van der Waals surface area contributed by atoms with Crippen molar-refractivity contribution in [2.75, 3.05) is 26.2 Å². The van der Waals surface area contributed by atoms with Crippen molar-refractivity contribution in [1.82, 2.24) is 4.90 Å². The lowest BCUT2D eigenvalue weighted by Crippen LogP contribution is -2.47. The van der Waals surface area contributed by atoms with Crippen LogP contribution in [0.15, 0.2) is 0 Å². The van der Waals surface area contributed by atoms with Gasteiger partial charge in [0, 0.05) is 6.54 Å². The third-order valence-corrected chi connectivity index (χ3v) is 2.64. The van der Waals surface area contributed by atoms with Crippen molar-refractivity contribution in [3.05, 3.63) is 0 Å². The number of hydrogen-bond donors (Lipinski definition) is 1. The molecule has 16 heavy (non-hydrogen) atoms. The molecule has 0 saturated carbocycles. The van der Waals surface area contributed by atoms with Crippen molar-refractivity contribution in [2.24, 2.45) is 5.92 Å². The van der Waals surface area contributed by atoms with Crippen LogP contribution >= 0.6 is 0 Å². The molecule has 1 N–H and O–H groups in total. The minimum atomic E-state index is -3.11. The molecule has 1 heterocycles. The van der Waals surface area contributed by atoms with Gasteiger partial charge in [-0.1, -0.05) is 20.8 Å². The maximum Gasteiger partial charge on any atom is 0.283 e. The monoisotopic (exact) mass is 241 g/mol. The number of nitrogens with zero attached hydrogens (tertiary/aromatic N) is 1. The Morgan fingerprint density at radius 1 is 1.38 bits per heavy atom. The molecule has 2 unspecified atom stereocenters. The van der Waals surface area contributed by atoms with Gasteiger partial charge in [-0.15, -0.1) is 0 Å². The number of hydrogen-bond acceptors (Lipinski definition) is 2. The minimum absolute atomic E-state index is 0.0472. The highest BCUT2D eigenvalue weighted by atomic mass is 19.3. The summed E-state index contributed by atoms with van der Waals surface area (Å²) in [5.74, 6) is -3.16. The van der Waals surface area contributed by atoms with Gasteiger partial charge in [0.25, 0.3) is 5.92 Å². The average Bonchev–Trinajstić information content (AvgIpc) is 2.26. The summed E-state index contributed by atoms with van der Waals surface area (Å²) in [6.45, 7) is 4.60. The predicted molar refractivity (Wildman–Crippen MR) is 58.5 cm³/mol. The first kappa shape index (κ1) is 15.7. The second-order valence-electron chi connectivity index (χ2n) is 4.03. The Morgan fingerprint density at radius 3 is 2.38 bits per heavy atom. The van der Waals surface area contributed by atoms with E-state index in [4.69, 9.17) is 5.11 Å². The number of alkyl halides is 3. The van der Waals surface area contributed by atoms with Crippen molar-refractivity contribution in [3.8, 4) is 0 Å². The van der Waals surface area contributed by atoms with Crippen LogP contribution in [0, 0.1) is 5.92 Å². The molecule has 0 radical (unpaired) electrons. The van der Waals surface area contributed by atoms with Gasteiger partial charge < -0.3 is 5.11 Å². The van der Waals surface area contributed by atoms with Crippen LogP contribution < -0.4 is 0 Å². The lowest BCUT2D eigenvalue weighted by atomic mass is 9.97. The SMILES string of the molecule is CC.CC1CCN(CC(F)(F)CO)CC1F.